The fourth-order valence-electron chi connectivity index (χ4n) is 4.73. The van der Waals surface area contributed by atoms with Gasteiger partial charge in [0.05, 0.1) is 23.4 Å². The third-order valence-corrected chi connectivity index (χ3v) is 7.69. The Bertz CT molecular complexity index is 1680. The summed E-state index contributed by atoms with van der Waals surface area (Å²) in [5.41, 5.74) is 0.275. The SMILES string of the molecule is O=C(c1cc2c(ccc3ccccc32)oc1=O)N(CCCN1CCOCC1)c1nc2ccc(F)cc2s1. The molecular formula is C28H24FN3O4S. The number of thiazole rings is 1. The highest BCUT2D eigenvalue weighted by Crippen LogP contribution is 2.31. The number of hydrogen-bond acceptors (Lipinski definition) is 7. The molecule has 3 aromatic carbocycles. The van der Waals surface area contributed by atoms with Crippen LogP contribution in [-0.4, -0.2) is 55.2 Å². The van der Waals surface area contributed by atoms with Gasteiger partial charge in [-0.15, -0.1) is 0 Å². The number of nitrogens with zero attached hydrogens (tertiary/aromatic N) is 3. The van der Waals surface area contributed by atoms with E-state index in [0.29, 0.717) is 52.5 Å². The number of halogens is 1. The molecule has 1 saturated heterocycles. The minimum absolute atomic E-state index is 0.0549. The van der Waals surface area contributed by atoms with Crippen LogP contribution in [0.1, 0.15) is 16.8 Å². The zero-order valence-corrected chi connectivity index (χ0v) is 20.8. The lowest BCUT2D eigenvalue weighted by Crippen LogP contribution is -2.40. The predicted molar refractivity (Wildman–Crippen MR) is 143 cm³/mol. The Morgan fingerprint density at radius 2 is 1.89 bits per heavy atom. The zero-order chi connectivity index (χ0) is 25.4. The normalized spacial score (nSPS) is 14.5. The number of ether oxygens (including phenoxy) is 1. The summed E-state index contributed by atoms with van der Waals surface area (Å²) in [6.07, 6.45) is 0.678. The van der Waals surface area contributed by atoms with E-state index in [4.69, 9.17) is 9.15 Å². The van der Waals surface area contributed by atoms with E-state index in [1.165, 1.54) is 28.4 Å². The third kappa shape index (κ3) is 4.73. The van der Waals surface area contributed by atoms with Crippen LogP contribution in [0.3, 0.4) is 0 Å². The number of carbonyl (C=O) groups excluding carboxylic acids is 1. The van der Waals surface area contributed by atoms with Crippen LogP contribution in [0.15, 0.2) is 69.9 Å². The van der Waals surface area contributed by atoms with Crippen molar-refractivity contribution in [1.82, 2.24) is 9.88 Å². The number of rotatable bonds is 6. The van der Waals surface area contributed by atoms with Gasteiger partial charge < -0.3 is 9.15 Å². The van der Waals surface area contributed by atoms with Crippen molar-refractivity contribution in [2.45, 2.75) is 6.42 Å². The minimum Gasteiger partial charge on any atom is -0.422 e. The molecule has 0 aliphatic carbocycles. The van der Waals surface area contributed by atoms with Crippen molar-refractivity contribution in [1.29, 1.82) is 0 Å². The minimum atomic E-state index is -0.696. The Morgan fingerprint density at radius 3 is 2.76 bits per heavy atom. The van der Waals surface area contributed by atoms with E-state index in [1.54, 1.807) is 18.2 Å². The van der Waals surface area contributed by atoms with E-state index in [0.717, 1.165) is 30.4 Å². The molecule has 1 fully saturated rings. The number of anilines is 1. The second kappa shape index (κ2) is 10.0. The van der Waals surface area contributed by atoms with Crippen molar-refractivity contribution in [2.75, 3.05) is 44.3 Å². The Morgan fingerprint density at radius 1 is 1.05 bits per heavy atom. The first-order chi connectivity index (χ1) is 18.1. The van der Waals surface area contributed by atoms with Gasteiger partial charge in [-0.05, 0) is 47.5 Å². The number of fused-ring (bicyclic) bond motifs is 4. The van der Waals surface area contributed by atoms with Crippen LogP contribution in [0.25, 0.3) is 32.0 Å². The molecule has 0 unspecified atom stereocenters. The Labute approximate surface area is 215 Å². The Hall–Kier alpha value is -3.66. The fourth-order valence-corrected chi connectivity index (χ4v) is 5.74. The zero-order valence-electron chi connectivity index (χ0n) is 20.0. The maximum atomic E-state index is 13.9. The van der Waals surface area contributed by atoms with Crippen LogP contribution in [0.5, 0.6) is 0 Å². The molecule has 5 aromatic rings. The van der Waals surface area contributed by atoms with Gasteiger partial charge in [0.25, 0.3) is 5.91 Å². The molecule has 1 aliphatic heterocycles. The van der Waals surface area contributed by atoms with E-state index in [2.05, 4.69) is 9.88 Å². The number of aromatic nitrogens is 1. The van der Waals surface area contributed by atoms with E-state index in [-0.39, 0.29) is 11.4 Å². The molecule has 7 nitrogen and oxygen atoms in total. The van der Waals surface area contributed by atoms with Gasteiger partial charge >= 0.3 is 5.63 Å². The first-order valence-corrected chi connectivity index (χ1v) is 13.0. The third-order valence-electron chi connectivity index (χ3n) is 6.65. The van der Waals surface area contributed by atoms with Gasteiger partial charge in [-0.2, -0.15) is 0 Å². The van der Waals surface area contributed by atoms with Crippen molar-refractivity contribution < 1.29 is 18.3 Å². The molecule has 0 radical (unpaired) electrons. The molecule has 3 heterocycles. The molecule has 37 heavy (non-hydrogen) atoms. The number of carbonyl (C=O) groups is 1. The number of hydrogen-bond donors (Lipinski definition) is 0. The molecule has 0 bridgehead atoms. The van der Waals surface area contributed by atoms with Crippen molar-refractivity contribution in [3.63, 3.8) is 0 Å². The molecule has 0 N–H and O–H groups in total. The summed E-state index contributed by atoms with van der Waals surface area (Å²) in [7, 11) is 0. The Balaban J connectivity index is 1.39. The lowest BCUT2D eigenvalue weighted by molar-refractivity contribution is 0.0376. The highest BCUT2D eigenvalue weighted by atomic mass is 32.1. The average Bonchev–Trinajstić information content (AvgIpc) is 3.33. The standard InChI is InChI=1S/C28H24FN3O4S/c29-19-7-8-23-25(16-19)37-28(30-23)32(11-3-10-31-12-14-35-15-13-31)26(33)22-17-21-20-5-2-1-4-18(20)6-9-24(21)36-27(22)34/h1-2,4-9,16-17H,3,10-15H2. The smallest absolute Gasteiger partial charge is 0.349 e. The molecule has 0 atom stereocenters. The first-order valence-electron chi connectivity index (χ1n) is 12.2. The van der Waals surface area contributed by atoms with Crippen LogP contribution in [-0.2, 0) is 4.74 Å². The van der Waals surface area contributed by atoms with Crippen molar-refractivity contribution in [2.24, 2.45) is 0 Å². The number of morpholine rings is 1. The monoisotopic (exact) mass is 517 g/mol. The topological polar surface area (TPSA) is 75.9 Å². The van der Waals surface area contributed by atoms with E-state index in [9.17, 15) is 14.0 Å². The van der Waals surface area contributed by atoms with Crippen molar-refractivity contribution >= 4 is 54.3 Å². The first kappa shape index (κ1) is 23.7. The second-order valence-electron chi connectivity index (χ2n) is 9.02. The van der Waals surface area contributed by atoms with Gasteiger partial charge in [0, 0.05) is 31.6 Å². The van der Waals surface area contributed by atoms with Crippen LogP contribution >= 0.6 is 11.3 Å². The molecule has 9 heteroatoms. The molecular weight excluding hydrogens is 493 g/mol. The van der Waals surface area contributed by atoms with Gasteiger partial charge in [0.2, 0.25) is 0 Å². The highest BCUT2D eigenvalue weighted by molar-refractivity contribution is 7.22. The van der Waals surface area contributed by atoms with Gasteiger partial charge in [0.1, 0.15) is 17.0 Å². The lowest BCUT2D eigenvalue weighted by atomic mass is 10.0. The van der Waals surface area contributed by atoms with Crippen LogP contribution in [0.4, 0.5) is 9.52 Å². The summed E-state index contributed by atoms with van der Waals surface area (Å²) < 4.78 is 25.5. The maximum absolute atomic E-state index is 13.9. The molecule has 6 rings (SSSR count). The molecule has 188 valence electrons. The molecule has 2 aromatic heterocycles. The van der Waals surface area contributed by atoms with Crippen LogP contribution in [0.2, 0.25) is 0 Å². The van der Waals surface area contributed by atoms with Crippen LogP contribution < -0.4 is 10.5 Å². The van der Waals surface area contributed by atoms with Gasteiger partial charge in [-0.3, -0.25) is 14.6 Å². The van der Waals surface area contributed by atoms with E-state index >= 15 is 0 Å². The van der Waals surface area contributed by atoms with E-state index in [1.807, 2.05) is 30.3 Å². The molecule has 1 aliphatic rings. The lowest BCUT2D eigenvalue weighted by Gasteiger charge is -2.27. The number of amides is 1. The van der Waals surface area contributed by atoms with Crippen molar-refractivity contribution in [3.05, 3.63) is 82.5 Å². The van der Waals surface area contributed by atoms with Crippen molar-refractivity contribution in [3.8, 4) is 0 Å². The van der Waals surface area contributed by atoms with E-state index < -0.39 is 11.5 Å². The highest BCUT2D eigenvalue weighted by Gasteiger charge is 2.25. The molecule has 1 amide bonds. The Kier molecular flexibility index (Phi) is 6.42. The summed E-state index contributed by atoms with van der Waals surface area (Å²) in [5, 5.41) is 3.00. The second-order valence-corrected chi connectivity index (χ2v) is 10.0. The summed E-state index contributed by atoms with van der Waals surface area (Å²) in [4.78, 5) is 35.3. The maximum Gasteiger partial charge on any atom is 0.349 e. The summed E-state index contributed by atoms with van der Waals surface area (Å²) in [5.74, 6) is -0.847. The summed E-state index contributed by atoms with van der Waals surface area (Å²) in [6, 6.07) is 17.4. The van der Waals surface area contributed by atoms with Gasteiger partial charge in [-0.25, -0.2) is 14.2 Å². The van der Waals surface area contributed by atoms with Gasteiger partial charge in [0.15, 0.2) is 5.13 Å². The number of benzene rings is 3. The summed E-state index contributed by atoms with van der Waals surface area (Å²) in [6.45, 7) is 4.21. The van der Waals surface area contributed by atoms with Gasteiger partial charge in [-0.1, -0.05) is 41.7 Å². The average molecular weight is 518 g/mol. The molecule has 0 saturated carbocycles. The largest absolute Gasteiger partial charge is 0.422 e. The fraction of sp³-hybridized carbons (Fsp3) is 0.250. The summed E-state index contributed by atoms with van der Waals surface area (Å²) >= 11 is 1.23. The predicted octanol–water partition coefficient (Wildman–Crippen LogP) is 5.06. The molecule has 0 spiro atoms. The quantitative estimate of drug-likeness (QED) is 0.231. The van der Waals surface area contributed by atoms with Crippen LogP contribution in [0, 0.1) is 5.82 Å².